The first-order valence-corrected chi connectivity index (χ1v) is 12.5. The SMILES string of the molecule is CS(=O)(=O)Cc1ccc(C(=NNC(=O)C2CCCCC2)c2ccc(Cl)cc2)s1. The van der Waals surface area contributed by atoms with Crippen molar-refractivity contribution in [1.29, 1.82) is 0 Å². The summed E-state index contributed by atoms with van der Waals surface area (Å²) in [6.07, 6.45) is 6.34. The minimum absolute atomic E-state index is 0.00750. The Hall–Kier alpha value is -1.70. The Bertz CT molecular complexity index is 960. The zero-order valence-electron chi connectivity index (χ0n) is 15.7. The largest absolute Gasteiger partial charge is 0.273 e. The van der Waals surface area contributed by atoms with Gasteiger partial charge in [-0.05, 0) is 37.1 Å². The van der Waals surface area contributed by atoms with Crippen LogP contribution in [-0.2, 0) is 20.4 Å². The van der Waals surface area contributed by atoms with Crippen LogP contribution in [0.4, 0.5) is 0 Å². The predicted octanol–water partition coefficient (Wildman–Crippen LogP) is 4.40. The molecule has 0 bridgehead atoms. The fourth-order valence-electron chi connectivity index (χ4n) is 3.28. The highest BCUT2D eigenvalue weighted by Crippen LogP contribution is 2.25. The van der Waals surface area contributed by atoms with E-state index in [0.29, 0.717) is 10.7 Å². The first kappa shape index (κ1) is 21.0. The second kappa shape index (κ2) is 9.20. The van der Waals surface area contributed by atoms with E-state index < -0.39 is 9.84 Å². The van der Waals surface area contributed by atoms with Crippen molar-refractivity contribution in [3.63, 3.8) is 0 Å². The van der Waals surface area contributed by atoms with Gasteiger partial charge in [-0.2, -0.15) is 5.10 Å². The van der Waals surface area contributed by atoms with E-state index in [1.165, 1.54) is 24.0 Å². The Labute approximate surface area is 174 Å². The molecule has 1 amide bonds. The number of carbonyl (C=O) groups is 1. The average Bonchev–Trinajstić information content (AvgIpc) is 3.10. The lowest BCUT2D eigenvalue weighted by Gasteiger charge is -2.19. The fourth-order valence-corrected chi connectivity index (χ4v) is 5.71. The first-order chi connectivity index (χ1) is 13.3. The van der Waals surface area contributed by atoms with Gasteiger partial charge in [-0.15, -0.1) is 11.3 Å². The third kappa shape index (κ3) is 5.90. The van der Waals surface area contributed by atoms with Crippen LogP contribution in [0.1, 0.15) is 47.4 Å². The van der Waals surface area contributed by atoms with Gasteiger partial charge in [0.2, 0.25) is 5.91 Å². The van der Waals surface area contributed by atoms with Crippen molar-refractivity contribution >= 4 is 44.4 Å². The summed E-state index contributed by atoms with van der Waals surface area (Å²) in [6.45, 7) is 0. The summed E-state index contributed by atoms with van der Waals surface area (Å²) in [7, 11) is -3.12. The summed E-state index contributed by atoms with van der Waals surface area (Å²) < 4.78 is 23.2. The average molecular weight is 439 g/mol. The van der Waals surface area contributed by atoms with Gasteiger partial charge in [-0.1, -0.05) is 43.0 Å². The van der Waals surface area contributed by atoms with Crippen LogP contribution in [0, 0.1) is 5.92 Å². The molecule has 8 heteroatoms. The van der Waals surface area contributed by atoms with Gasteiger partial charge in [0.05, 0.1) is 10.6 Å². The third-order valence-corrected chi connectivity index (χ3v) is 7.03. The molecule has 3 rings (SSSR count). The lowest BCUT2D eigenvalue weighted by molar-refractivity contribution is -0.125. The van der Waals surface area contributed by atoms with Gasteiger partial charge in [0.25, 0.3) is 0 Å². The van der Waals surface area contributed by atoms with E-state index in [-0.39, 0.29) is 17.6 Å². The Morgan fingerprint density at radius 1 is 1.14 bits per heavy atom. The highest BCUT2D eigenvalue weighted by Gasteiger charge is 2.21. The highest BCUT2D eigenvalue weighted by molar-refractivity contribution is 7.90. The van der Waals surface area contributed by atoms with E-state index in [4.69, 9.17) is 11.6 Å². The molecular formula is C20H23ClN2O3S2. The summed E-state index contributed by atoms with van der Waals surface area (Å²) in [5, 5.41) is 5.02. The Morgan fingerprint density at radius 2 is 1.82 bits per heavy atom. The van der Waals surface area contributed by atoms with E-state index >= 15 is 0 Å². The number of carbonyl (C=O) groups excluding carboxylic acids is 1. The predicted molar refractivity (Wildman–Crippen MR) is 115 cm³/mol. The Morgan fingerprint density at radius 3 is 2.46 bits per heavy atom. The minimum Gasteiger partial charge on any atom is -0.273 e. The van der Waals surface area contributed by atoms with Crippen molar-refractivity contribution in [3.8, 4) is 0 Å². The fraction of sp³-hybridized carbons (Fsp3) is 0.400. The molecule has 0 saturated heterocycles. The first-order valence-electron chi connectivity index (χ1n) is 9.22. The molecule has 0 atom stereocenters. The molecule has 0 spiro atoms. The topological polar surface area (TPSA) is 75.6 Å². The van der Waals surface area contributed by atoms with E-state index in [0.717, 1.165) is 41.0 Å². The van der Waals surface area contributed by atoms with Gasteiger partial charge in [0.1, 0.15) is 5.71 Å². The molecule has 0 unspecified atom stereocenters. The molecule has 1 aliphatic carbocycles. The summed E-state index contributed by atoms with van der Waals surface area (Å²) >= 11 is 7.35. The number of amides is 1. The summed E-state index contributed by atoms with van der Waals surface area (Å²) in [6, 6.07) is 10.8. The minimum atomic E-state index is -3.12. The van der Waals surface area contributed by atoms with Gasteiger partial charge >= 0.3 is 0 Å². The van der Waals surface area contributed by atoms with Crippen LogP contribution in [0.25, 0.3) is 0 Å². The molecular weight excluding hydrogens is 416 g/mol. The van der Waals surface area contributed by atoms with Crippen LogP contribution in [0.2, 0.25) is 5.02 Å². The second-order valence-electron chi connectivity index (χ2n) is 7.11. The van der Waals surface area contributed by atoms with Crippen LogP contribution in [0.3, 0.4) is 0 Å². The maximum absolute atomic E-state index is 12.5. The second-order valence-corrected chi connectivity index (χ2v) is 10.9. The maximum atomic E-state index is 12.5. The number of hydrazone groups is 1. The van der Waals surface area contributed by atoms with Gasteiger partial charge in [-0.25, -0.2) is 13.8 Å². The molecule has 1 heterocycles. The number of hydrogen-bond donors (Lipinski definition) is 1. The number of halogens is 1. The van der Waals surface area contributed by atoms with Crippen molar-refractivity contribution < 1.29 is 13.2 Å². The Balaban J connectivity index is 1.87. The number of nitrogens with one attached hydrogen (secondary N) is 1. The van der Waals surface area contributed by atoms with Gasteiger partial charge in [0, 0.05) is 27.6 Å². The molecule has 28 heavy (non-hydrogen) atoms. The van der Waals surface area contributed by atoms with E-state index in [1.54, 1.807) is 18.2 Å². The molecule has 2 aromatic rings. The standard InChI is InChI=1S/C20H23ClN2O3S2/c1-28(25,26)13-17-11-12-18(27-17)19(14-7-9-16(21)10-8-14)22-23-20(24)15-5-3-2-4-6-15/h7-12,15H,2-6,13H2,1H3,(H,23,24). The normalized spacial score (nSPS) is 16.1. The molecule has 1 N–H and O–H groups in total. The Kier molecular flexibility index (Phi) is 6.91. The zero-order valence-corrected chi connectivity index (χ0v) is 18.0. The van der Waals surface area contributed by atoms with Crippen molar-refractivity contribution in [3.05, 3.63) is 56.7 Å². The van der Waals surface area contributed by atoms with Crippen molar-refractivity contribution in [2.45, 2.75) is 37.9 Å². The quantitative estimate of drug-likeness (QED) is 0.536. The van der Waals surface area contributed by atoms with E-state index in [1.807, 2.05) is 18.2 Å². The summed E-state index contributed by atoms with van der Waals surface area (Å²) in [5.74, 6) is -0.0628. The molecule has 1 aromatic carbocycles. The van der Waals surface area contributed by atoms with Crippen LogP contribution in [0.5, 0.6) is 0 Å². The molecule has 0 aliphatic heterocycles. The van der Waals surface area contributed by atoms with E-state index in [2.05, 4.69) is 10.5 Å². The number of nitrogens with zero attached hydrogens (tertiary/aromatic N) is 1. The number of rotatable bonds is 6. The zero-order chi connectivity index (χ0) is 20.1. The van der Waals surface area contributed by atoms with Crippen LogP contribution >= 0.6 is 22.9 Å². The number of thiophene rings is 1. The molecule has 1 aromatic heterocycles. The third-order valence-electron chi connectivity index (χ3n) is 4.67. The molecule has 1 fully saturated rings. The van der Waals surface area contributed by atoms with Crippen molar-refractivity contribution in [2.75, 3.05) is 6.26 Å². The summed E-state index contributed by atoms with van der Waals surface area (Å²) in [4.78, 5) is 14.0. The molecule has 150 valence electrons. The van der Waals surface area contributed by atoms with Crippen LogP contribution < -0.4 is 5.43 Å². The van der Waals surface area contributed by atoms with E-state index in [9.17, 15) is 13.2 Å². The molecule has 5 nitrogen and oxygen atoms in total. The van der Waals surface area contributed by atoms with Gasteiger partial charge < -0.3 is 0 Å². The molecule has 0 radical (unpaired) electrons. The summed E-state index contributed by atoms with van der Waals surface area (Å²) in [5.41, 5.74) is 4.13. The maximum Gasteiger partial charge on any atom is 0.243 e. The monoisotopic (exact) mass is 438 g/mol. The smallest absolute Gasteiger partial charge is 0.243 e. The number of sulfone groups is 1. The highest BCUT2D eigenvalue weighted by atomic mass is 35.5. The van der Waals surface area contributed by atoms with Gasteiger partial charge in [0.15, 0.2) is 9.84 Å². The van der Waals surface area contributed by atoms with Crippen molar-refractivity contribution in [1.82, 2.24) is 5.43 Å². The van der Waals surface area contributed by atoms with Gasteiger partial charge in [-0.3, -0.25) is 4.79 Å². The van der Waals surface area contributed by atoms with Crippen LogP contribution in [-0.4, -0.2) is 26.3 Å². The molecule has 1 saturated carbocycles. The lowest BCUT2D eigenvalue weighted by atomic mass is 9.89. The van der Waals surface area contributed by atoms with Crippen LogP contribution in [0.15, 0.2) is 41.5 Å². The lowest BCUT2D eigenvalue weighted by Crippen LogP contribution is -2.29. The number of benzene rings is 1. The van der Waals surface area contributed by atoms with Crippen molar-refractivity contribution in [2.24, 2.45) is 11.0 Å². The molecule has 1 aliphatic rings. The number of hydrogen-bond acceptors (Lipinski definition) is 5.